The number of fused-ring (bicyclic) bond motifs is 1. The van der Waals surface area contributed by atoms with Crippen LogP contribution >= 0.6 is 0 Å². The van der Waals surface area contributed by atoms with Crippen LogP contribution in [0.3, 0.4) is 0 Å². The minimum atomic E-state index is -0.971. The number of para-hydroxylation sites is 1. The molecule has 0 aromatic heterocycles. The average Bonchev–Trinajstić information content (AvgIpc) is 2.90. The molecule has 1 aliphatic rings. The Bertz CT molecular complexity index is 1080. The number of benzodiazepines with no additional fused rings is 1. The van der Waals surface area contributed by atoms with Gasteiger partial charge in [0.15, 0.2) is 0 Å². The highest BCUT2D eigenvalue weighted by atomic mass is 16.2. The molecule has 2 amide bonds. The lowest BCUT2D eigenvalue weighted by molar-refractivity contribution is -0.127. The van der Waals surface area contributed by atoms with Crippen molar-refractivity contribution in [3.8, 4) is 0 Å². The molecule has 0 fully saturated rings. The van der Waals surface area contributed by atoms with Gasteiger partial charge >= 0.3 is 0 Å². The van der Waals surface area contributed by atoms with E-state index in [2.05, 4.69) is 5.32 Å². The Morgan fingerprint density at radius 2 is 1.57 bits per heavy atom. The van der Waals surface area contributed by atoms with Crippen LogP contribution in [0.2, 0.25) is 0 Å². The smallest absolute Gasteiger partial charge is 0.272 e. The molecule has 3 aromatic rings. The fraction of sp³-hybridized carbons (Fsp3) is 0.160. The van der Waals surface area contributed by atoms with Gasteiger partial charge < -0.3 is 10.2 Å². The van der Waals surface area contributed by atoms with Crippen molar-refractivity contribution in [2.24, 2.45) is 4.99 Å². The molecule has 5 heteroatoms. The molecular weight excluding hydrogens is 374 g/mol. The van der Waals surface area contributed by atoms with E-state index >= 15 is 0 Å². The second-order valence-corrected chi connectivity index (χ2v) is 7.21. The molecule has 0 saturated heterocycles. The van der Waals surface area contributed by atoms with Crippen molar-refractivity contribution in [2.75, 3.05) is 11.9 Å². The molecule has 0 aliphatic carbocycles. The summed E-state index contributed by atoms with van der Waals surface area (Å²) in [6, 6.07) is 27.2. The summed E-state index contributed by atoms with van der Waals surface area (Å²) in [6.07, 6.45) is -0.0691. The molecule has 5 nitrogen and oxygen atoms in total. The molecule has 0 saturated carbocycles. The Kier molecular flexibility index (Phi) is 5.70. The Hall–Kier alpha value is -3.73. The van der Waals surface area contributed by atoms with Crippen LogP contribution in [0.25, 0.3) is 0 Å². The van der Waals surface area contributed by atoms with Gasteiger partial charge in [0.1, 0.15) is 0 Å². The zero-order chi connectivity index (χ0) is 20.9. The number of nitrogens with zero attached hydrogens (tertiary/aromatic N) is 2. The third-order valence-electron chi connectivity index (χ3n) is 5.17. The monoisotopic (exact) mass is 397 g/mol. The van der Waals surface area contributed by atoms with Crippen LogP contribution in [0.15, 0.2) is 89.9 Å². The predicted octanol–water partition coefficient (Wildman–Crippen LogP) is 3.58. The summed E-state index contributed by atoms with van der Waals surface area (Å²) in [5, 5.41) is 2.83. The fourth-order valence-electron chi connectivity index (χ4n) is 3.57. The van der Waals surface area contributed by atoms with Crippen LogP contribution in [0.1, 0.15) is 23.1 Å². The summed E-state index contributed by atoms with van der Waals surface area (Å²) in [6.45, 7) is 0. The quantitative estimate of drug-likeness (QED) is 0.715. The van der Waals surface area contributed by atoms with E-state index in [1.807, 2.05) is 84.9 Å². The number of aryl methyl sites for hydroxylation is 1. The first-order valence-corrected chi connectivity index (χ1v) is 9.97. The Morgan fingerprint density at radius 1 is 0.933 bits per heavy atom. The molecular formula is C25H23N3O2. The van der Waals surface area contributed by atoms with E-state index < -0.39 is 6.17 Å². The molecule has 0 spiro atoms. The van der Waals surface area contributed by atoms with Gasteiger partial charge in [0.2, 0.25) is 12.1 Å². The maximum atomic E-state index is 13.1. The van der Waals surface area contributed by atoms with E-state index in [4.69, 9.17) is 4.99 Å². The van der Waals surface area contributed by atoms with Crippen LogP contribution < -0.4 is 10.2 Å². The van der Waals surface area contributed by atoms with Crippen LogP contribution in [-0.2, 0) is 16.0 Å². The summed E-state index contributed by atoms with van der Waals surface area (Å²) in [7, 11) is 1.72. The predicted molar refractivity (Wildman–Crippen MR) is 119 cm³/mol. The fourth-order valence-corrected chi connectivity index (χ4v) is 3.57. The Morgan fingerprint density at radius 3 is 2.30 bits per heavy atom. The van der Waals surface area contributed by atoms with Crippen molar-refractivity contribution in [3.05, 3.63) is 102 Å². The van der Waals surface area contributed by atoms with Gasteiger partial charge in [-0.3, -0.25) is 9.59 Å². The zero-order valence-electron chi connectivity index (χ0n) is 16.8. The molecule has 30 heavy (non-hydrogen) atoms. The van der Waals surface area contributed by atoms with Gasteiger partial charge in [0.05, 0.1) is 11.4 Å². The van der Waals surface area contributed by atoms with Crippen LogP contribution in [0.4, 0.5) is 5.69 Å². The largest absolute Gasteiger partial charge is 0.327 e. The molecule has 1 aliphatic heterocycles. The van der Waals surface area contributed by atoms with Gasteiger partial charge in [0, 0.05) is 24.6 Å². The lowest BCUT2D eigenvalue weighted by Crippen LogP contribution is -2.46. The van der Waals surface area contributed by atoms with E-state index in [1.54, 1.807) is 11.9 Å². The maximum absolute atomic E-state index is 13.1. The standard InChI is InChI=1S/C25H23N3O2/c1-28-21-15-9-8-14-20(21)23(19-12-6-3-7-13-19)27-24(25(28)30)26-22(29)17-16-18-10-4-2-5-11-18/h2-15,24H,16-17H2,1H3,(H,26,29)/t24-/m1/s1. The number of carbonyl (C=O) groups is 2. The minimum absolute atomic E-state index is 0.201. The van der Waals surface area contributed by atoms with Gasteiger partial charge in [-0.1, -0.05) is 78.9 Å². The number of aliphatic imine (C=N–C) groups is 1. The van der Waals surface area contributed by atoms with Gasteiger partial charge in [-0.25, -0.2) is 4.99 Å². The average molecular weight is 397 g/mol. The SMILES string of the molecule is CN1C(=O)[C@H](NC(=O)CCc2ccccc2)N=C(c2ccccc2)c2ccccc21. The maximum Gasteiger partial charge on any atom is 0.272 e. The molecule has 0 unspecified atom stereocenters. The van der Waals surface area contributed by atoms with Crippen molar-refractivity contribution in [2.45, 2.75) is 19.0 Å². The second-order valence-electron chi connectivity index (χ2n) is 7.21. The normalized spacial score (nSPS) is 15.8. The molecule has 0 bridgehead atoms. The molecule has 1 atom stereocenters. The van der Waals surface area contributed by atoms with Crippen LogP contribution in [0, 0.1) is 0 Å². The lowest BCUT2D eigenvalue weighted by Gasteiger charge is -2.20. The number of hydrogen-bond acceptors (Lipinski definition) is 3. The highest BCUT2D eigenvalue weighted by molar-refractivity contribution is 6.20. The van der Waals surface area contributed by atoms with Crippen molar-refractivity contribution in [1.29, 1.82) is 0 Å². The molecule has 1 heterocycles. The van der Waals surface area contributed by atoms with E-state index in [1.165, 1.54) is 0 Å². The summed E-state index contributed by atoms with van der Waals surface area (Å²) < 4.78 is 0. The lowest BCUT2D eigenvalue weighted by atomic mass is 10.0. The molecule has 3 aromatic carbocycles. The highest BCUT2D eigenvalue weighted by Gasteiger charge is 2.30. The first-order chi connectivity index (χ1) is 14.6. The molecule has 1 N–H and O–H groups in total. The van der Waals surface area contributed by atoms with E-state index in [0.717, 1.165) is 22.4 Å². The van der Waals surface area contributed by atoms with Crippen molar-refractivity contribution >= 4 is 23.2 Å². The summed E-state index contributed by atoms with van der Waals surface area (Å²) in [5.41, 5.74) is 4.30. The zero-order valence-corrected chi connectivity index (χ0v) is 16.8. The van der Waals surface area contributed by atoms with Crippen molar-refractivity contribution < 1.29 is 9.59 Å². The van der Waals surface area contributed by atoms with Gasteiger partial charge in [0.25, 0.3) is 5.91 Å². The summed E-state index contributed by atoms with van der Waals surface area (Å²) >= 11 is 0. The number of rotatable bonds is 5. The first kappa shape index (κ1) is 19.6. The van der Waals surface area contributed by atoms with E-state index in [-0.39, 0.29) is 11.8 Å². The number of hydrogen-bond donors (Lipinski definition) is 1. The third kappa shape index (κ3) is 4.15. The molecule has 4 rings (SSSR count). The summed E-state index contributed by atoms with van der Waals surface area (Å²) in [5.74, 6) is -0.464. The number of carbonyl (C=O) groups excluding carboxylic acids is 2. The van der Waals surface area contributed by atoms with Crippen LogP contribution in [-0.4, -0.2) is 30.7 Å². The van der Waals surface area contributed by atoms with Gasteiger partial charge in [-0.2, -0.15) is 0 Å². The van der Waals surface area contributed by atoms with Gasteiger partial charge in [-0.05, 0) is 18.1 Å². The summed E-state index contributed by atoms with van der Waals surface area (Å²) in [4.78, 5) is 32.0. The molecule has 0 radical (unpaired) electrons. The van der Waals surface area contributed by atoms with Crippen molar-refractivity contribution in [3.63, 3.8) is 0 Å². The van der Waals surface area contributed by atoms with Gasteiger partial charge in [-0.15, -0.1) is 0 Å². The first-order valence-electron chi connectivity index (χ1n) is 9.97. The molecule has 150 valence electrons. The highest BCUT2D eigenvalue weighted by Crippen LogP contribution is 2.27. The number of benzene rings is 3. The van der Waals surface area contributed by atoms with Crippen LogP contribution in [0.5, 0.6) is 0 Å². The number of amides is 2. The van der Waals surface area contributed by atoms with E-state index in [0.29, 0.717) is 18.6 Å². The third-order valence-corrected chi connectivity index (χ3v) is 5.17. The number of nitrogens with one attached hydrogen (secondary N) is 1. The Balaban J connectivity index is 1.62. The van der Waals surface area contributed by atoms with E-state index in [9.17, 15) is 9.59 Å². The topological polar surface area (TPSA) is 61.8 Å². The number of likely N-dealkylation sites (N-methyl/N-ethyl adjacent to an activating group) is 1. The number of anilines is 1. The second kappa shape index (κ2) is 8.74. The minimum Gasteiger partial charge on any atom is -0.327 e. The Labute approximate surface area is 176 Å². The van der Waals surface area contributed by atoms with Crippen molar-refractivity contribution in [1.82, 2.24) is 5.32 Å².